The Morgan fingerprint density at radius 1 is 1.56 bits per heavy atom. The standard InChI is InChI=1S/C11H15N3O4/c1-8-4-5-9(14(16)17)11(12-8)13(2)7-6-10(15)18-3/h4-5H,6-7H2,1-3H3. The number of methoxy groups -OCH3 is 1. The van der Waals surface area contributed by atoms with Crippen molar-refractivity contribution in [1.29, 1.82) is 0 Å². The Hall–Kier alpha value is -2.18. The second-order valence-electron chi connectivity index (χ2n) is 3.80. The predicted octanol–water partition coefficient (Wildman–Crippen LogP) is 1.30. The van der Waals surface area contributed by atoms with Crippen LogP contribution >= 0.6 is 0 Å². The number of ether oxygens (including phenoxy) is 1. The van der Waals surface area contributed by atoms with Gasteiger partial charge in [-0.2, -0.15) is 0 Å². The van der Waals surface area contributed by atoms with Gasteiger partial charge in [-0.1, -0.05) is 0 Å². The Morgan fingerprint density at radius 3 is 2.78 bits per heavy atom. The summed E-state index contributed by atoms with van der Waals surface area (Å²) in [5, 5.41) is 10.9. The van der Waals surface area contributed by atoms with Crippen molar-refractivity contribution in [3.8, 4) is 0 Å². The molecule has 0 aliphatic heterocycles. The smallest absolute Gasteiger partial charge is 0.311 e. The second kappa shape index (κ2) is 5.95. The molecule has 0 bridgehead atoms. The molecule has 18 heavy (non-hydrogen) atoms. The molecular weight excluding hydrogens is 238 g/mol. The van der Waals surface area contributed by atoms with Gasteiger partial charge in [0.25, 0.3) is 0 Å². The van der Waals surface area contributed by atoms with Crippen LogP contribution in [0.25, 0.3) is 0 Å². The zero-order chi connectivity index (χ0) is 13.7. The van der Waals surface area contributed by atoms with Gasteiger partial charge in [0, 0.05) is 25.4 Å². The van der Waals surface area contributed by atoms with Crippen molar-refractivity contribution in [2.75, 3.05) is 25.6 Å². The maximum Gasteiger partial charge on any atom is 0.311 e. The Bertz CT molecular complexity index is 462. The lowest BCUT2D eigenvalue weighted by molar-refractivity contribution is -0.384. The number of rotatable bonds is 5. The van der Waals surface area contributed by atoms with Gasteiger partial charge >= 0.3 is 11.7 Å². The minimum absolute atomic E-state index is 0.0760. The van der Waals surface area contributed by atoms with E-state index in [0.717, 1.165) is 0 Å². The first-order chi connectivity index (χ1) is 8.45. The Morgan fingerprint density at radius 2 is 2.22 bits per heavy atom. The molecule has 0 unspecified atom stereocenters. The number of anilines is 1. The summed E-state index contributed by atoms with van der Waals surface area (Å²) in [7, 11) is 2.95. The average molecular weight is 253 g/mol. The highest BCUT2D eigenvalue weighted by atomic mass is 16.6. The maximum absolute atomic E-state index is 11.0. The van der Waals surface area contributed by atoms with E-state index >= 15 is 0 Å². The van der Waals surface area contributed by atoms with Gasteiger partial charge in [-0.05, 0) is 13.0 Å². The topological polar surface area (TPSA) is 85.6 Å². The zero-order valence-corrected chi connectivity index (χ0v) is 10.5. The number of esters is 1. The summed E-state index contributed by atoms with van der Waals surface area (Å²) in [5.74, 6) is -0.110. The van der Waals surface area contributed by atoms with Crippen LogP contribution in [0.5, 0.6) is 0 Å². The van der Waals surface area contributed by atoms with E-state index in [9.17, 15) is 14.9 Å². The summed E-state index contributed by atoms with van der Waals surface area (Å²) in [4.78, 5) is 27.1. The summed E-state index contributed by atoms with van der Waals surface area (Å²) in [5.41, 5.74) is 0.605. The second-order valence-corrected chi connectivity index (χ2v) is 3.80. The summed E-state index contributed by atoms with van der Waals surface area (Å²) in [6.45, 7) is 2.06. The molecule has 7 heteroatoms. The molecule has 1 rings (SSSR count). The summed E-state index contributed by atoms with van der Waals surface area (Å²) in [6, 6.07) is 2.99. The molecule has 98 valence electrons. The van der Waals surface area contributed by atoms with Gasteiger partial charge in [0.05, 0.1) is 18.5 Å². The van der Waals surface area contributed by atoms with Gasteiger partial charge in [-0.15, -0.1) is 0 Å². The lowest BCUT2D eigenvalue weighted by atomic mass is 10.3. The van der Waals surface area contributed by atoms with E-state index in [1.165, 1.54) is 13.2 Å². The van der Waals surface area contributed by atoms with E-state index in [1.54, 1.807) is 24.9 Å². The third-order valence-electron chi connectivity index (χ3n) is 2.43. The number of nitrogens with zero attached hydrogens (tertiary/aromatic N) is 3. The van der Waals surface area contributed by atoms with Crippen LogP contribution < -0.4 is 4.90 Å². The molecule has 0 atom stereocenters. The fourth-order valence-corrected chi connectivity index (χ4v) is 1.43. The fourth-order valence-electron chi connectivity index (χ4n) is 1.43. The van der Waals surface area contributed by atoms with Crippen molar-refractivity contribution in [3.63, 3.8) is 0 Å². The van der Waals surface area contributed by atoms with Gasteiger partial charge in [-0.25, -0.2) is 4.98 Å². The van der Waals surface area contributed by atoms with Crippen LogP contribution in [0.1, 0.15) is 12.1 Å². The van der Waals surface area contributed by atoms with Crippen LogP contribution in [-0.4, -0.2) is 36.6 Å². The third kappa shape index (κ3) is 3.41. The zero-order valence-electron chi connectivity index (χ0n) is 10.5. The lowest BCUT2D eigenvalue weighted by Gasteiger charge is -2.17. The van der Waals surface area contributed by atoms with Crippen molar-refractivity contribution in [3.05, 3.63) is 27.9 Å². The molecule has 0 radical (unpaired) electrons. The van der Waals surface area contributed by atoms with Crippen molar-refractivity contribution in [1.82, 2.24) is 4.98 Å². The van der Waals surface area contributed by atoms with Crippen molar-refractivity contribution in [2.24, 2.45) is 0 Å². The number of nitro groups is 1. The van der Waals surface area contributed by atoms with Crippen LogP contribution in [0, 0.1) is 17.0 Å². The summed E-state index contributed by atoms with van der Waals surface area (Å²) < 4.78 is 4.52. The average Bonchev–Trinajstić information content (AvgIpc) is 2.34. The van der Waals surface area contributed by atoms with Crippen molar-refractivity contribution >= 4 is 17.5 Å². The van der Waals surface area contributed by atoms with Crippen LogP contribution in [0.2, 0.25) is 0 Å². The highest BCUT2D eigenvalue weighted by Gasteiger charge is 2.19. The largest absolute Gasteiger partial charge is 0.469 e. The SMILES string of the molecule is COC(=O)CCN(C)c1nc(C)ccc1[N+](=O)[O-]. The van der Waals surface area contributed by atoms with Gasteiger partial charge in [0.15, 0.2) is 0 Å². The summed E-state index contributed by atoms with van der Waals surface area (Å²) in [6.07, 6.45) is 0.153. The third-order valence-corrected chi connectivity index (χ3v) is 2.43. The molecule has 0 spiro atoms. The molecule has 1 heterocycles. The van der Waals surface area contributed by atoms with Gasteiger partial charge in [0.2, 0.25) is 5.82 Å². The van der Waals surface area contributed by atoms with E-state index in [4.69, 9.17) is 0 Å². The number of pyridine rings is 1. The Balaban J connectivity index is 2.89. The molecule has 0 amide bonds. The highest BCUT2D eigenvalue weighted by molar-refractivity contribution is 5.70. The molecular formula is C11H15N3O4. The molecule has 1 aromatic rings. The first-order valence-corrected chi connectivity index (χ1v) is 5.35. The van der Waals surface area contributed by atoms with Crippen LogP contribution in [0.4, 0.5) is 11.5 Å². The number of carbonyl (C=O) groups excluding carboxylic acids is 1. The molecule has 0 aliphatic carbocycles. The normalized spacial score (nSPS) is 9.94. The molecule has 0 aromatic carbocycles. The quantitative estimate of drug-likeness (QED) is 0.446. The molecule has 0 saturated carbocycles. The maximum atomic E-state index is 11.0. The lowest BCUT2D eigenvalue weighted by Crippen LogP contribution is -2.23. The van der Waals surface area contributed by atoms with Crippen molar-refractivity contribution in [2.45, 2.75) is 13.3 Å². The molecule has 0 N–H and O–H groups in total. The summed E-state index contributed by atoms with van der Waals surface area (Å²) >= 11 is 0. The molecule has 7 nitrogen and oxygen atoms in total. The highest BCUT2D eigenvalue weighted by Crippen LogP contribution is 2.25. The van der Waals surface area contributed by atoms with Gasteiger partial charge < -0.3 is 9.64 Å². The number of hydrogen-bond donors (Lipinski definition) is 0. The predicted molar refractivity (Wildman–Crippen MR) is 65.5 cm³/mol. The van der Waals surface area contributed by atoms with Crippen molar-refractivity contribution < 1.29 is 14.5 Å². The number of carbonyl (C=O) groups is 1. The van der Waals surface area contributed by atoms with Gasteiger partial charge in [0.1, 0.15) is 0 Å². The minimum Gasteiger partial charge on any atom is -0.469 e. The fraction of sp³-hybridized carbons (Fsp3) is 0.455. The van der Waals surface area contributed by atoms with E-state index in [0.29, 0.717) is 12.2 Å². The number of aromatic nitrogens is 1. The number of aryl methyl sites for hydroxylation is 1. The first-order valence-electron chi connectivity index (χ1n) is 5.35. The van der Waals surface area contributed by atoms with Crippen LogP contribution in [0.3, 0.4) is 0 Å². The van der Waals surface area contributed by atoms with E-state index in [2.05, 4.69) is 9.72 Å². The monoisotopic (exact) mass is 253 g/mol. The molecule has 0 saturated heterocycles. The van der Waals surface area contributed by atoms with Crippen LogP contribution in [-0.2, 0) is 9.53 Å². The number of hydrogen-bond acceptors (Lipinski definition) is 6. The molecule has 0 aliphatic rings. The van der Waals surface area contributed by atoms with E-state index in [1.807, 2.05) is 0 Å². The van der Waals surface area contributed by atoms with E-state index in [-0.39, 0.29) is 23.9 Å². The van der Waals surface area contributed by atoms with Gasteiger partial charge in [-0.3, -0.25) is 14.9 Å². The van der Waals surface area contributed by atoms with Crippen LogP contribution in [0.15, 0.2) is 12.1 Å². The van der Waals surface area contributed by atoms with E-state index < -0.39 is 4.92 Å². The Labute approximate surface area is 105 Å². The molecule has 1 aromatic heterocycles. The first kappa shape index (κ1) is 13.9. The molecule has 0 fully saturated rings. The Kier molecular flexibility index (Phi) is 4.59. The minimum atomic E-state index is -0.490.